The number of hydrogen-bond acceptors (Lipinski definition) is 3. The van der Waals surface area contributed by atoms with Crippen molar-refractivity contribution in [2.24, 2.45) is 5.92 Å². The van der Waals surface area contributed by atoms with Crippen LogP contribution in [0.15, 0.2) is 24.4 Å². The van der Waals surface area contributed by atoms with Crippen molar-refractivity contribution in [2.45, 2.75) is 38.2 Å². The number of rotatable bonds is 2. The molecule has 1 aliphatic carbocycles. The molecule has 0 aromatic carbocycles. The molecule has 1 aliphatic heterocycles. The average Bonchev–Trinajstić information content (AvgIpc) is 2.56. The van der Waals surface area contributed by atoms with Crippen molar-refractivity contribution in [1.82, 2.24) is 9.88 Å². The van der Waals surface area contributed by atoms with E-state index < -0.39 is 0 Å². The fourth-order valence-corrected chi connectivity index (χ4v) is 3.20. The summed E-state index contributed by atoms with van der Waals surface area (Å²) in [5.74, 6) is 0.570. The van der Waals surface area contributed by atoms with Gasteiger partial charge in [0.2, 0.25) is 5.91 Å². The molecule has 4 heteroatoms. The maximum Gasteiger partial charge on any atom is 0.225 e. The van der Waals surface area contributed by atoms with Gasteiger partial charge in [0.25, 0.3) is 0 Å². The number of hydrogen-bond donors (Lipinski definition) is 0. The zero-order valence-corrected chi connectivity index (χ0v) is 11.8. The number of amides is 1. The van der Waals surface area contributed by atoms with Crippen LogP contribution in [0.25, 0.3) is 0 Å². The molecule has 1 amide bonds. The van der Waals surface area contributed by atoms with E-state index >= 15 is 0 Å². The van der Waals surface area contributed by atoms with Gasteiger partial charge in [0, 0.05) is 18.7 Å². The summed E-state index contributed by atoms with van der Waals surface area (Å²) in [6.45, 7) is 1.98. The van der Waals surface area contributed by atoms with E-state index in [1.54, 1.807) is 6.20 Å². The summed E-state index contributed by atoms with van der Waals surface area (Å²) in [5.41, 5.74) is 0.925. The van der Waals surface area contributed by atoms with Crippen LogP contribution in [0.2, 0.25) is 0 Å². The summed E-state index contributed by atoms with van der Waals surface area (Å²) in [4.78, 5) is 18.9. The Hall–Kier alpha value is -1.42. The third kappa shape index (κ3) is 3.01. The van der Waals surface area contributed by atoms with Gasteiger partial charge in [-0.2, -0.15) is 0 Å². The van der Waals surface area contributed by atoms with E-state index in [0.717, 1.165) is 25.1 Å². The van der Waals surface area contributed by atoms with Crippen molar-refractivity contribution < 1.29 is 9.53 Å². The predicted molar refractivity (Wildman–Crippen MR) is 76.1 cm³/mol. The minimum atomic E-state index is -0.0718. The van der Waals surface area contributed by atoms with Crippen LogP contribution in [0.1, 0.15) is 43.9 Å². The van der Waals surface area contributed by atoms with Crippen molar-refractivity contribution in [1.29, 1.82) is 0 Å². The van der Waals surface area contributed by atoms with Crippen LogP contribution in [0.3, 0.4) is 0 Å². The minimum absolute atomic E-state index is 0.0718. The normalized spacial score (nSPS) is 24.6. The predicted octanol–water partition coefficient (Wildman–Crippen LogP) is 2.56. The van der Waals surface area contributed by atoms with Gasteiger partial charge < -0.3 is 9.64 Å². The number of morpholine rings is 1. The molecule has 0 radical (unpaired) electrons. The number of ether oxygens (including phenoxy) is 1. The second-order valence-corrected chi connectivity index (χ2v) is 5.73. The minimum Gasteiger partial charge on any atom is -0.368 e. The zero-order valence-electron chi connectivity index (χ0n) is 11.8. The Morgan fingerprint density at radius 2 is 2.10 bits per heavy atom. The van der Waals surface area contributed by atoms with Crippen LogP contribution in [-0.2, 0) is 9.53 Å². The van der Waals surface area contributed by atoms with Gasteiger partial charge in [-0.3, -0.25) is 9.78 Å². The summed E-state index contributed by atoms with van der Waals surface area (Å²) in [7, 11) is 0. The van der Waals surface area contributed by atoms with Crippen LogP contribution >= 0.6 is 0 Å². The summed E-state index contributed by atoms with van der Waals surface area (Å²) < 4.78 is 5.78. The first kappa shape index (κ1) is 13.6. The van der Waals surface area contributed by atoms with Gasteiger partial charge in [0.15, 0.2) is 0 Å². The lowest BCUT2D eigenvalue weighted by atomic mass is 9.88. The molecule has 1 saturated heterocycles. The SMILES string of the molecule is O=C(C1CCCCC1)N1CCO[C@H](c2ccccn2)C1. The van der Waals surface area contributed by atoms with Gasteiger partial charge in [-0.05, 0) is 25.0 Å². The first-order valence-corrected chi connectivity index (χ1v) is 7.66. The van der Waals surface area contributed by atoms with Crippen molar-refractivity contribution in [3.63, 3.8) is 0 Å². The summed E-state index contributed by atoms with van der Waals surface area (Å²) >= 11 is 0. The molecule has 1 aromatic rings. The second-order valence-electron chi connectivity index (χ2n) is 5.73. The average molecular weight is 274 g/mol. The largest absolute Gasteiger partial charge is 0.368 e. The lowest BCUT2D eigenvalue weighted by Crippen LogP contribution is -2.45. The molecule has 1 saturated carbocycles. The summed E-state index contributed by atoms with van der Waals surface area (Å²) in [6, 6.07) is 5.84. The summed E-state index contributed by atoms with van der Waals surface area (Å²) in [5, 5.41) is 0. The molecule has 20 heavy (non-hydrogen) atoms. The van der Waals surface area contributed by atoms with Crippen LogP contribution < -0.4 is 0 Å². The molecular formula is C16H22N2O2. The van der Waals surface area contributed by atoms with Gasteiger partial charge in [-0.25, -0.2) is 0 Å². The topological polar surface area (TPSA) is 42.4 Å². The van der Waals surface area contributed by atoms with E-state index in [4.69, 9.17) is 4.74 Å². The molecule has 4 nitrogen and oxygen atoms in total. The number of carbonyl (C=O) groups excluding carboxylic acids is 1. The highest BCUT2D eigenvalue weighted by Crippen LogP contribution is 2.28. The second kappa shape index (κ2) is 6.35. The molecule has 3 rings (SSSR count). The molecule has 0 N–H and O–H groups in total. The Bertz CT molecular complexity index is 443. The number of nitrogens with zero attached hydrogens (tertiary/aromatic N) is 2. The van der Waals surface area contributed by atoms with Crippen molar-refractivity contribution in [3.05, 3.63) is 30.1 Å². The van der Waals surface area contributed by atoms with Gasteiger partial charge in [0.1, 0.15) is 6.10 Å². The van der Waals surface area contributed by atoms with E-state index in [2.05, 4.69) is 4.98 Å². The van der Waals surface area contributed by atoms with E-state index in [1.807, 2.05) is 23.1 Å². The standard InChI is InChI=1S/C16H22N2O2/c19-16(13-6-2-1-3-7-13)18-10-11-20-15(12-18)14-8-4-5-9-17-14/h4-5,8-9,13,15H,1-3,6-7,10-12H2/t15-/m0/s1. The molecule has 0 bridgehead atoms. The fourth-order valence-electron chi connectivity index (χ4n) is 3.20. The van der Waals surface area contributed by atoms with Crippen molar-refractivity contribution in [3.8, 4) is 0 Å². The van der Waals surface area contributed by atoms with Gasteiger partial charge >= 0.3 is 0 Å². The third-order valence-corrected chi connectivity index (χ3v) is 4.35. The number of aromatic nitrogens is 1. The maximum absolute atomic E-state index is 12.6. The van der Waals surface area contributed by atoms with Gasteiger partial charge in [-0.15, -0.1) is 0 Å². The first-order chi connectivity index (χ1) is 9.84. The van der Waals surface area contributed by atoms with E-state index in [1.165, 1.54) is 19.3 Å². The highest BCUT2D eigenvalue weighted by molar-refractivity contribution is 5.79. The molecule has 2 aliphatic rings. The van der Waals surface area contributed by atoms with Crippen LogP contribution in [0, 0.1) is 5.92 Å². The smallest absolute Gasteiger partial charge is 0.225 e. The lowest BCUT2D eigenvalue weighted by molar-refractivity contribution is -0.144. The molecule has 1 aromatic heterocycles. The zero-order chi connectivity index (χ0) is 13.8. The third-order valence-electron chi connectivity index (χ3n) is 4.35. The number of pyridine rings is 1. The Labute approximate surface area is 120 Å². The Morgan fingerprint density at radius 3 is 2.85 bits per heavy atom. The molecule has 108 valence electrons. The lowest BCUT2D eigenvalue weighted by Gasteiger charge is -2.35. The monoisotopic (exact) mass is 274 g/mol. The van der Waals surface area contributed by atoms with Gasteiger partial charge in [0.05, 0.1) is 18.8 Å². The van der Waals surface area contributed by atoms with Gasteiger partial charge in [-0.1, -0.05) is 25.3 Å². The van der Waals surface area contributed by atoms with E-state index in [0.29, 0.717) is 19.1 Å². The van der Waals surface area contributed by atoms with Crippen molar-refractivity contribution in [2.75, 3.05) is 19.7 Å². The van der Waals surface area contributed by atoms with E-state index in [-0.39, 0.29) is 12.0 Å². The maximum atomic E-state index is 12.6. The molecule has 2 heterocycles. The molecular weight excluding hydrogens is 252 g/mol. The first-order valence-electron chi connectivity index (χ1n) is 7.66. The molecule has 0 spiro atoms. The van der Waals surface area contributed by atoms with Crippen molar-refractivity contribution >= 4 is 5.91 Å². The van der Waals surface area contributed by atoms with Crippen LogP contribution in [-0.4, -0.2) is 35.5 Å². The molecule has 0 unspecified atom stereocenters. The Balaban J connectivity index is 1.64. The van der Waals surface area contributed by atoms with E-state index in [9.17, 15) is 4.79 Å². The fraction of sp³-hybridized carbons (Fsp3) is 0.625. The highest BCUT2D eigenvalue weighted by Gasteiger charge is 2.30. The quantitative estimate of drug-likeness (QED) is 0.832. The Morgan fingerprint density at radius 1 is 1.25 bits per heavy atom. The number of carbonyl (C=O) groups is 1. The Kier molecular flexibility index (Phi) is 4.31. The highest BCUT2D eigenvalue weighted by atomic mass is 16.5. The van der Waals surface area contributed by atoms with Crippen LogP contribution in [0.5, 0.6) is 0 Å². The summed E-state index contributed by atoms with van der Waals surface area (Å²) in [6.07, 6.45) is 7.51. The molecule has 1 atom stereocenters. The van der Waals surface area contributed by atoms with Crippen LogP contribution in [0.4, 0.5) is 0 Å². The molecule has 2 fully saturated rings.